The molecule has 0 radical (unpaired) electrons. The molecule has 0 spiro atoms. The Morgan fingerprint density at radius 2 is 0.763 bits per heavy atom. The van der Waals surface area contributed by atoms with Crippen molar-refractivity contribution in [1.29, 1.82) is 0 Å². The Bertz CT molecular complexity index is 1150. The molecule has 194 valence electrons. The predicted octanol–water partition coefficient (Wildman–Crippen LogP) is 7.41. The Morgan fingerprint density at radius 3 is 1.03 bits per heavy atom. The SMILES string of the molecule is C[CH-]c1ccccc1[S-].[Pt+2].c1ccc(P(CCP(c2ccccc2)c2ccccc2)c2ccccc2)cc1. The average Bonchev–Trinajstić information content (AvgIpc) is 2.98. The van der Waals surface area contributed by atoms with E-state index in [0.29, 0.717) is 0 Å². The molecular formula is C34H32P2PtS. The molecule has 5 rings (SSSR count). The first-order chi connectivity index (χ1) is 18.3. The van der Waals surface area contributed by atoms with Gasteiger partial charge < -0.3 is 12.6 Å². The number of benzene rings is 5. The molecule has 0 aromatic heterocycles. The van der Waals surface area contributed by atoms with Crippen LogP contribution in [0.1, 0.15) is 12.5 Å². The van der Waals surface area contributed by atoms with E-state index in [1.807, 2.05) is 37.6 Å². The molecule has 0 saturated carbocycles. The zero-order valence-electron chi connectivity index (χ0n) is 21.5. The molecule has 0 aliphatic heterocycles. The fourth-order valence-corrected chi connectivity index (χ4v) is 9.79. The van der Waals surface area contributed by atoms with Crippen molar-refractivity contribution >= 4 is 49.7 Å². The minimum Gasteiger partial charge on any atom is -0.858 e. The van der Waals surface area contributed by atoms with Gasteiger partial charge in [-0.3, -0.25) is 4.90 Å². The third kappa shape index (κ3) is 8.90. The zero-order valence-corrected chi connectivity index (χ0v) is 26.3. The Labute approximate surface area is 251 Å². The fraction of sp³-hybridized carbons (Fsp3) is 0.0882. The van der Waals surface area contributed by atoms with E-state index in [1.165, 1.54) is 33.5 Å². The van der Waals surface area contributed by atoms with Crippen LogP contribution < -0.4 is 21.2 Å². The average molecular weight is 730 g/mol. The van der Waals surface area contributed by atoms with E-state index in [1.54, 1.807) is 0 Å². The summed E-state index contributed by atoms with van der Waals surface area (Å²) in [6, 6.07) is 52.1. The van der Waals surface area contributed by atoms with Gasteiger partial charge in [-0.1, -0.05) is 134 Å². The quantitative estimate of drug-likeness (QED) is 0.0912. The van der Waals surface area contributed by atoms with Crippen LogP contribution in [-0.4, -0.2) is 12.3 Å². The molecule has 0 atom stereocenters. The van der Waals surface area contributed by atoms with Crippen molar-refractivity contribution in [2.24, 2.45) is 0 Å². The molecule has 0 fully saturated rings. The summed E-state index contributed by atoms with van der Waals surface area (Å²) in [4.78, 5) is 0.931. The van der Waals surface area contributed by atoms with Crippen molar-refractivity contribution in [3.05, 3.63) is 158 Å². The fourth-order valence-electron chi connectivity index (χ4n) is 4.17. The summed E-state index contributed by atoms with van der Waals surface area (Å²) in [6.07, 6.45) is 4.43. The maximum Gasteiger partial charge on any atom is 2.00 e. The van der Waals surface area contributed by atoms with Crippen molar-refractivity contribution in [2.45, 2.75) is 11.8 Å². The van der Waals surface area contributed by atoms with Crippen molar-refractivity contribution in [3.8, 4) is 0 Å². The monoisotopic (exact) mass is 729 g/mol. The maximum absolute atomic E-state index is 5.02. The molecule has 5 aromatic rings. The van der Waals surface area contributed by atoms with Crippen LogP contribution in [0.4, 0.5) is 0 Å². The Balaban J connectivity index is 0.000000341. The third-order valence-electron chi connectivity index (χ3n) is 6.05. The first-order valence-corrected chi connectivity index (χ1v) is 16.0. The van der Waals surface area contributed by atoms with E-state index in [9.17, 15) is 0 Å². The Kier molecular flexibility index (Phi) is 13.3. The Morgan fingerprint density at radius 1 is 0.474 bits per heavy atom. The standard InChI is InChI=1S/C26H24P2.C8H9S.Pt/c1-5-13-23(14-6-1)27(24-15-7-2-8-16-24)21-22-28(25-17-9-3-10-18-25)26-19-11-4-12-20-26;1-2-7-5-3-4-6-8(7)9;/h1-20H,21-22H2;2-6,9H,1H3;/q;-1;+2/p-1. The van der Waals surface area contributed by atoms with Gasteiger partial charge in [-0.15, -0.1) is 12.1 Å². The van der Waals surface area contributed by atoms with Gasteiger partial charge in [0.1, 0.15) is 0 Å². The van der Waals surface area contributed by atoms with Crippen molar-refractivity contribution < 1.29 is 21.1 Å². The van der Waals surface area contributed by atoms with Gasteiger partial charge in [0, 0.05) is 0 Å². The van der Waals surface area contributed by atoms with Gasteiger partial charge in [-0.05, 0) is 49.4 Å². The summed E-state index contributed by atoms with van der Waals surface area (Å²) in [5.41, 5.74) is 1.15. The number of rotatable bonds is 8. The van der Waals surface area contributed by atoms with Crippen molar-refractivity contribution in [1.82, 2.24) is 0 Å². The van der Waals surface area contributed by atoms with E-state index in [0.717, 1.165) is 10.5 Å². The van der Waals surface area contributed by atoms with E-state index in [2.05, 4.69) is 121 Å². The largest absolute Gasteiger partial charge is 2.00 e. The summed E-state index contributed by atoms with van der Waals surface area (Å²) < 4.78 is 0. The summed E-state index contributed by atoms with van der Waals surface area (Å²) in [6.45, 7) is 1.99. The molecule has 0 aliphatic rings. The third-order valence-corrected chi connectivity index (χ3v) is 11.8. The van der Waals surface area contributed by atoms with Gasteiger partial charge in [-0.25, -0.2) is 5.56 Å². The molecular weight excluding hydrogens is 697 g/mol. The normalized spacial score (nSPS) is 10.3. The molecule has 0 bridgehead atoms. The molecule has 5 aromatic carbocycles. The van der Waals surface area contributed by atoms with Gasteiger partial charge in [-0.2, -0.15) is 12.5 Å². The molecule has 0 saturated heterocycles. The Hall–Kier alpha value is -2.26. The minimum atomic E-state index is -0.348. The van der Waals surface area contributed by atoms with Crippen LogP contribution in [0.2, 0.25) is 0 Å². The number of hydrogen-bond donors (Lipinski definition) is 0. The summed E-state index contributed by atoms with van der Waals surface area (Å²) in [7, 11) is -0.696. The van der Waals surface area contributed by atoms with Crippen LogP contribution >= 0.6 is 15.8 Å². The second-order valence-electron chi connectivity index (χ2n) is 8.47. The summed E-state index contributed by atoms with van der Waals surface area (Å²) in [5, 5.41) is 5.89. The van der Waals surface area contributed by atoms with Crippen LogP contribution in [0.5, 0.6) is 0 Å². The van der Waals surface area contributed by atoms with Crippen molar-refractivity contribution in [2.75, 3.05) is 12.3 Å². The molecule has 0 nitrogen and oxygen atoms in total. The van der Waals surface area contributed by atoms with E-state index in [4.69, 9.17) is 12.6 Å². The second-order valence-corrected chi connectivity index (χ2v) is 13.6. The van der Waals surface area contributed by atoms with Crippen molar-refractivity contribution in [3.63, 3.8) is 0 Å². The zero-order chi connectivity index (χ0) is 25.7. The van der Waals surface area contributed by atoms with Gasteiger partial charge in [0.25, 0.3) is 0 Å². The van der Waals surface area contributed by atoms with E-state index in [-0.39, 0.29) is 36.9 Å². The van der Waals surface area contributed by atoms with Gasteiger partial charge in [0.15, 0.2) is 0 Å². The maximum atomic E-state index is 5.02. The van der Waals surface area contributed by atoms with Gasteiger partial charge >= 0.3 is 21.1 Å². The predicted molar refractivity (Wildman–Crippen MR) is 169 cm³/mol. The second kappa shape index (κ2) is 16.6. The van der Waals surface area contributed by atoms with Crippen LogP contribution in [0, 0.1) is 6.42 Å². The smallest absolute Gasteiger partial charge is 0.858 e. The van der Waals surface area contributed by atoms with Crippen LogP contribution in [0.3, 0.4) is 0 Å². The number of hydrogen-bond acceptors (Lipinski definition) is 1. The van der Waals surface area contributed by atoms with E-state index < -0.39 is 0 Å². The summed E-state index contributed by atoms with van der Waals surface area (Å²) in [5.74, 6) is 0. The summed E-state index contributed by atoms with van der Waals surface area (Å²) >= 11 is 5.02. The molecule has 0 amide bonds. The van der Waals surface area contributed by atoms with Crippen LogP contribution in [0.15, 0.2) is 150 Å². The molecule has 0 aliphatic carbocycles. The topological polar surface area (TPSA) is 0 Å². The van der Waals surface area contributed by atoms with Gasteiger partial charge in [0.2, 0.25) is 0 Å². The van der Waals surface area contributed by atoms with Gasteiger partial charge in [0.05, 0.1) is 0 Å². The van der Waals surface area contributed by atoms with E-state index >= 15 is 0 Å². The van der Waals surface area contributed by atoms with Crippen LogP contribution in [0.25, 0.3) is 0 Å². The molecule has 0 unspecified atom stereocenters. The molecule has 4 heteroatoms. The first kappa shape index (κ1) is 30.3. The van der Waals surface area contributed by atoms with Crippen LogP contribution in [-0.2, 0) is 33.7 Å². The first-order valence-electron chi connectivity index (χ1n) is 12.6. The molecule has 0 N–H and O–H groups in total. The molecule has 38 heavy (non-hydrogen) atoms. The minimum absolute atomic E-state index is 0. The molecule has 0 heterocycles.